The predicted molar refractivity (Wildman–Crippen MR) is 84.1 cm³/mol. The van der Waals surface area contributed by atoms with Gasteiger partial charge in [0.05, 0.1) is 0 Å². The number of hydrogen-bond donors (Lipinski definition) is 1. The monoisotopic (exact) mass is 283 g/mol. The van der Waals surface area contributed by atoms with Crippen LogP contribution < -0.4 is 10.6 Å². The van der Waals surface area contributed by atoms with Crippen LogP contribution in [-0.2, 0) is 0 Å². The highest BCUT2D eigenvalue weighted by Crippen LogP contribution is 2.14. The van der Waals surface area contributed by atoms with Crippen LogP contribution in [-0.4, -0.2) is 47.6 Å². The number of rotatable bonds is 4. The van der Waals surface area contributed by atoms with E-state index in [1.807, 2.05) is 24.3 Å². The normalized spacial score (nSPS) is 17.7. The summed E-state index contributed by atoms with van der Waals surface area (Å²) in [5, 5.41) is 0. The van der Waals surface area contributed by atoms with Crippen molar-refractivity contribution >= 4 is 5.95 Å². The molecule has 1 aromatic carbocycles. The summed E-state index contributed by atoms with van der Waals surface area (Å²) in [6.07, 6.45) is 3.58. The third-order valence-corrected chi connectivity index (χ3v) is 3.89. The van der Waals surface area contributed by atoms with Crippen molar-refractivity contribution in [1.82, 2.24) is 14.9 Å². The molecule has 110 valence electrons. The third-order valence-electron chi connectivity index (χ3n) is 3.89. The first-order valence-corrected chi connectivity index (χ1v) is 7.38. The van der Waals surface area contributed by atoms with Gasteiger partial charge in [-0.15, -0.1) is 0 Å². The van der Waals surface area contributed by atoms with Gasteiger partial charge in [0.25, 0.3) is 0 Å². The van der Waals surface area contributed by atoms with Crippen LogP contribution in [0.5, 0.6) is 0 Å². The Balaban J connectivity index is 1.52. The number of benzene rings is 1. The third kappa shape index (κ3) is 3.56. The summed E-state index contributed by atoms with van der Waals surface area (Å²) in [5.74, 6) is 0.824. The van der Waals surface area contributed by atoms with Crippen molar-refractivity contribution in [3.05, 3.63) is 54.4 Å². The van der Waals surface area contributed by atoms with Gasteiger partial charge in [-0.25, -0.2) is 9.97 Å². The second kappa shape index (κ2) is 6.65. The second-order valence-corrected chi connectivity index (χ2v) is 5.35. The molecular weight excluding hydrogens is 262 g/mol. The molecule has 5 heteroatoms. The van der Waals surface area contributed by atoms with Crippen molar-refractivity contribution < 1.29 is 0 Å². The van der Waals surface area contributed by atoms with E-state index >= 15 is 0 Å². The highest BCUT2D eigenvalue weighted by atomic mass is 15.3. The average molecular weight is 283 g/mol. The number of hydrogen-bond acceptors (Lipinski definition) is 5. The van der Waals surface area contributed by atoms with Gasteiger partial charge in [0.2, 0.25) is 5.95 Å². The SMILES string of the molecule is NC(CN1CCN(c2ncccn2)CC1)c1ccccc1. The van der Waals surface area contributed by atoms with Crippen LogP contribution in [0, 0.1) is 0 Å². The summed E-state index contributed by atoms with van der Waals surface area (Å²) in [6, 6.07) is 12.2. The van der Waals surface area contributed by atoms with E-state index in [4.69, 9.17) is 5.73 Å². The summed E-state index contributed by atoms with van der Waals surface area (Å²) in [6.45, 7) is 4.79. The van der Waals surface area contributed by atoms with Crippen LogP contribution in [0.3, 0.4) is 0 Å². The fourth-order valence-electron chi connectivity index (χ4n) is 2.67. The standard InChI is InChI=1S/C16H21N5/c17-15(14-5-2-1-3-6-14)13-20-9-11-21(12-10-20)16-18-7-4-8-19-16/h1-8,15H,9-13,17H2. The second-order valence-electron chi connectivity index (χ2n) is 5.35. The van der Waals surface area contributed by atoms with E-state index in [0.29, 0.717) is 0 Å². The number of anilines is 1. The van der Waals surface area contributed by atoms with E-state index in [9.17, 15) is 0 Å². The lowest BCUT2D eigenvalue weighted by atomic mass is 10.1. The maximum absolute atomic E-state index is 6.29. The van der Waals surface area contributed by atoms with E-state index in [-0.39, 0.29) is 6.04 Å². The fourth-order valence-corrected chi connectivity index (χ4v) is 2.67. The Morgan fingerprint density at radius 3 is 2.29 bits per heavy atom. The van der Waals surface area contributed by atoms with Gasteiger partial charge < -0.3 is 10.6 Å². The van der Waals surface area contributed by atoms with Gasteiger partial charge in [-0.05, 0) is 11.6 Å². The molecule has 2 heterocycles. The molecule has 3 rings (SSSR count). The molecule has 5 nitrogen and oxygen atoms in total. The van der Waals surface area contributed by atoms with Gasteiger partial charge in [0.1, 0.15) is 0 Å². The number of aromatic nitrogens is 2. The Morgan fingerprint density at radius 1 is 0.952 bits per heavy atom. The fraction of sp³-hybridized carbons (Fsp3) is 0.375. The van der Waals surface area contributed by atoms with Gasteiger partial charge in [-0.1, -0.05) is 30.3 Å². The predicted octanol–water partition coefficient (Wildman–Crippen LogP) is 1.30. The van der Waals surface area contributed by atoms with Gasteiger partial charge >= 0.3 is 0 Å². The number of nitrogens with zero attached hydrogens (tertiary/aromatic N) is 4. The molecule has 1 saturated heterocycles. The lowest BCUT2D eigenvalue weighted by molar-refractivity contribution is 0.242. The average Bonchev–Trinajstić information content (AvgIpc) is 2.57. The lowest BCUT2D eigenvalue weighted by Crippen LogP contribution is -2.48. The van der Waals surface area contributed by atoms with E-state index in [0.717, 1.165) is 38.7 Å². The Kier molecular flexibility index (Phi) is 4.43. The van der Waals surface area contributed by atoms with Crippen molar-refractivity contribution in [2.75, 3.05) is 37.6 Å². The first kappa shape index (κ1) is 14.0. The van der Waals surface area contributed by atoms with Crippen LogP contribution in [0.2, 0.25) is 0 Å². The highest BCUT2D eigenvalue weighted by Gasteiger charge is 2.20. The summed E-state index contributed by atoms with van der Waals surface area (Å²) in [5.41, 5.74) is 7.49. The van der Waals surface area contributed by atoms with E-state index in [1.54, 1.807) is 12.4 Å². The molecule has 1 aliphatic heterocycles. The zero-order chi connectivity index (χ0) is 14.5. The molecule has 1 unspecified atom stereocenters. The molecule has 2 aromatic rings. The minimum Gasteiger partial charge on any atom is -0.338 e. The van der Waals surface area contributed by atoms with Crippen molar-refractivity contribution in [2.45, 2.75) is 6.04 Å². The summed E-state index contributed by atoms with van der Waals surface area (Å²) < 4.78 is 0. The van der Waals surface area contributed by atoms with E-state index in [2.05, 4.69) is 31.9 Å². The van der Waals surface area contributed by atoms with Crippen LogP contribution in [0.1, 0.15) is 11.6 Å². The molecule has 2 N–H and O–H groups in total. The quantitative estimate of drug-likeness (QED) is 0.916. The summed E-state index contributed by atoms with van der Waals surface area (Å²) in [4.78, 5) is 13.3. The van der Waals surface area contributed by atoms with E-state index in [1.165, 1.54) is 5.56 Å². The minimum absolute atomic E-state index is 0.0747. The molecule has 1 aliphatic rings. The van der Waals surface area contributed by atoms with Crippen LogP contribution in [0.15, 0.2) is 48.8 Å². The lowest BCUT2D eigenvalue weighted by Gasteiger charge is -2.35. The minimum atomic E-state index is 0.0747. The molecule has 0 bridgehead atoms. The Hall–Kier alpha value is -1.98. The Morgan fingerprint density at radius 2 is 1.62 bits per heavy atom. The van der Waals surface area contributed by atoms with Gasteiger partial charge in [-0.2, -0.15) is 0 Å². The zero-order valence-corrected chi connectivity index (χ0v) is 12.1. The first-order chi connectivity index (χ1) is 10.3. The summed E-state index contributed by atoms with van der Waals surface area (Å²) in [7, 11) is 0. The Labute approximate surface area is 125 Å². The number of nitrogens with two attached hydrogens (primary N) is 1. The van der Waals surface area contributed by atoms with Crippen LogP contribution >= 0.6 is 0 Å². The topological polar surface area (TPSA) is 58.3 Å². The molecule has 0 aliphatic carbocycles. The van der Waals surface area contributed by atoms with Gasteiger partial charge in [0, 0.05) is 51.2 Å². The van der Waals surface area contributed by atoms with E-state index < -0.39 is 0 Å². The largest absolute Gasteiger partial charge is 0.338 e. The smallest absolute Gasteiger partial charge is 0.225 e. The maximum atomic E-state index is 6.29. The first-order valence-electron chi connectivity index (χ1n) is 7.38. The molecule has 0 spiro atoms. The molecule has 1 atom stereocenters. The zero-order valence-electron chi connectivity index (χ0n) is 12.1. The summed E-state index contributed by atoms with van der Waals surface area (Å²) >= 11 is 0. The van der Waals surface area contributed by atoms with Crippen molar-refractivity contribution in [1.29, 1.82) is 0 Å². The molecule has 21 heavy (non-hydrogen) atoms. The highest BCUT2D eigenvalue weighted by molar-refractivity contribution is 5.29. The maximum Gasteiger partial charge on any atom is 0.225 e. The van der Waals surface area contributed by atoms with Crippen molar-refractivity contribution in [3.63, 3.8) is 0 Å². The van der Waals surface area contributed by atoms with Gasteiger partial charge in [0.15, 0.2) is 0 Å². The Bertz CT molecular complexity index is 537. The molecule has 1 aromatic heterocycles. The number of piperazine rings is 1. The molecule has 1 fully saturated rings. The van der Waals surface area contributed by atoms with Gasteiger partial charge in [-0.3, -0.25) is 4.90 Å². The van der Waals surface area contributed by atoms with Crippen molar-refractivity contribution in [3.8, 4) is 0 Å². The molecule has 0 saturated carbocycles. The molecule has 0 amide bonds. The molecule has 0 radical (unpaired) electrons. The van der Waals surface area contributed by atoms with Crippen molar-refractivity contribution in [2.24, 2.45) is 5.73 Å². The van der Waals surface area contributed by atoms with Crippen LogP contribution in [0.25, 0.3) is 0 Å². The van der Waals surface area contributed by atoms with Crippen LogP contribution in [0.4, 0.5) is 5.95 Å². The molecular formula is C16H21N5.